The number of likely N-dealkylation sites (tertiary alicyclic amines) is 1. The van der Waals surface area contributed by atoms with Gasteiger partial charge >= 0.3 is 5.97 Å². The average molecular weight is 395 g/mol. The van der Waals surface area contributed by atoms with E-state index in [2.05, 4.69) is 4.90 Å². The molecule has 156 valence electrons. The highest BCUT2D eigenvalue weighted by Crippen LogP contribution is 2.39. The molecule has 4 nitrogen and oxygen atoms in total. The zero-order chi connectivity index (χ0) is 20.2. The lowest BCUT2D eigenvalue weighted by Crippen LogP contribution is -2.56. The van der Waals surface area contributed by atoms with Gasteiger partial charge < -0.3 is 15.1 Å². The van der Waals surface area contributed by atoms with Crippen LogP contribution in [0.3, 0.4) is 0 Å². The number of hydrogen-bond acceptors (Lipinski definition) is 3. The van der Waals surface area contributed by atoms with Crippen LogP contribution in [0.25, 0.3) is 0 Å². The largest absolute Gasteiger partial charge is 0.481 e. The van der Waals surface area contributed by atoms with E-state index in [0.717, 1.165) is 12.0 Å². The number of alkyl halides is 2. The third-order valence-electron chi connectivity index (χ3n) is 6.57. The first-order valence-corrected chi connectivity index (χ1v) is 10.4. The Morgan fingerprint density at radius 1 is 1.14 bits per heavy atom. The van der Waals surface area contributed by atoms with E-state index in [9.17, 15) is 23.8 Å². The minimum atomic E-state index is -2.54. The number of rotatable bonds is 7. The van der Waals surface area contributed by atoms with Crippen molar-refractivity contribution in [1.29, 1.82) is 0 Å². The summed E-state index contributed by atoms with van der Waals surface area (Å²) in [6, 6.07) is 9.93. The number of aliphatic carboxylic acids is 1. The minimum Gasteiger partial charge on any atom is -0.481 e. The third kappa shape index (κ3) is 5.09. The normalized spacial score (nSPS) is 28.9. The number of carbonyl (C=O) groups is 1. The van der Waals surface area contributed by atoms with Crippen LogP contribution in [0.15, 0.2) is 30.3 Å². The monoisotopic (exact) mass is 395 g/mol. The molecule has 2 atom stereocenters. The Labute approximate surface area is 165 Å². The highest BCUT2D eigenvalue weighted by molar-refractivity contribution is 5.76. The highest BCUT2D eigenvalue weighted by Gasteiger charge is 2.49. The SMILES string of the molecule is O=C(O)[C@]1(CCCc2ccccc2)CN(CC2CCC(F)(F)CC2)CC[C@H]1O. The summed E-state index contributed by atoms with van der Waals surface area (Å²) in [6.07, 6.45) is 2.26. The van der Waals surface area contributed by atoms with Gasteiger partial charge in [-0.2, -0.15) is 0 Å². The lowest BCUT2D eigenvalue weighted by Gasteiger charge is -2.45. The highest BCUT2D eigenvalue weighted by atomic mass is 19.3. The molecular weight excluding hydrogens is 364 g/mol. The Bertz CT molecular complexity index is 644. The molecule has 0 amide bonds. The lowest BCUT2D eigenvalue weighted by molar-refractivity contribution is -0.165. The zero-order valence-corrected chi connectivity index (χ0v) is 16.3. The van der Waals surface area contributed by atoms with Gasteiger partial charge in [-0.05, 0) is 50.0 Å². The van der Waals surface area contributed by atoms with E-state index in [1.54, 1.807) is 0 Å². The quantitative estimate of drug-likeness (QED) is 0.733. The van der Waals surface area contributed by atoms with Gasteiger partial charge in [-0.3, -0.25) is 4.79 Å². The summed E-state index contributed by atoms with van der Waals surface area (Å²) < 4.78 is 26.8. The second-order valence-corrected chi connectivity index (χ2v) is 8.64. The molecule has 0 aromatic heterocycles. The fourth-order valence-electron chi connectivity index (χ4n) is 4.78. The molecule has 2 N–H and O–H groups in total. The lowest BCUT2D eigenvalue weighted by atomic mass is 9.73. The zero-order valence-electron chi connectivity index (χ0n) is 16.3. The molecule has 1 aromatic rings. The Kier molecular flexibility index (Phi) is 6.71. The van der Waals surface area contributed by atoms with Gasteiger partial charge in [0.05, 0.1) is 6.10 Å². The maximum Gasteiger partial charge on any atom is 0.313 e. The molecule has 0 unspecified atom stereocenters. The van der Waals surface area contributed by atoms with E-state index < -0.39 is 23.4 Å². The fraction of sp³-hybridized carbons (Fsp3) is 0.682. The van der Waals surface area contributed by atoms with Crippen molar-refractivity contribution in [2.75, 3.05) is 19.6 Å². The third-order valence-corrected chi connectivity index (χ3v) is 6.57. The second kappa shape index (κ2) is 8.87. The summed E-state index contributed by atoms with van der Waals surface area (Å²) in [6.45, 7) is 1.57. The number of nitrogens with zero attached hydrogens (tertiary/aromatic N) is 1. The van der Waals surface area contributed by atoms with Gasteiger partial charge in [0, 0.05) is 32.5 Å². The van der Waals surface area contributed by atoms with Crippen LogP contribution in [0.4, 0.5) is 8.78 Å². The van der Waals surface area contributed by atoms with E-state index in [1.165, 1.54) is 0 Å². The molecule has 2 aliphatic rings. The molecule has 1 heterocycles. The Hall–Kier alpha value is -1.53. The van der Waals surface area contributed by atoms with Crippen LogP contribution >= 0.6 is 0 Å². The van der Waals surface area contributed by atoms with Crippen molar-refractivity contribution in [1.82, 2.24) is 4.90 Å². The van der Waals surface area contributed by atoms with Crippen LogP contribution in [0.5, 0.6) is 0 Å². The number of carboxylic acid groups (broad SMARTS) is 1. The van der Waals surface area contributed by atoms with Crippen LogP contribution in [0.1, 0.15) is 50.5 Å². The van der Waals surface area contributed by atoms with Crippen LogP contribution in [0.2, 0.25) is 0 Å². The number of aliphatic hydroxyl groups is 1. The van der Waals surface area contributed by atoms with E-state index >= 15 is 0 Å². The average Bonchev–Trinajstić information content (AvgIpc) is 2.66. The molecule has 0 radical (unpaired) electrons. The Morgan fingerprint density at radius 2 is 1.82 bits per heavy atom. The predicted octanol–water partition coefficient (Wildman–Crippen LogP) is 3.97. The number of aliphatic hydroxyl groups excluding tert-OH is 1. The van der Waals surface area contributed by atoms with E-state index in [4.69, 9.17) is 0 Å². The summed E-state index contributed by atoms with van der Waals surface area (Å²) in [5, 5.41) is 20.5. The molecule has 6 heteroatoms. The maximum atomic E-state index is 13.4. The predicted molar refractivity (Wildman–Crippen MR) is 103 cm³/mol. The number of carboxylic acids is 1. The van der Waals surface area contributed by atoms with Crippen molar-refractivity contribution in [2.24, 2.45) is 11.3 Å². The first-order valence-electron chi connectivity index (χ1n) is 10.4. The minimum absolute atomic E-state index is 0.0741. The molecule has 0 spiro atoms. The number of piperidine rings is 1. The molecule has 1 aromatic carbocycles. The topological polar surface area (TPSA) is 60.8 Å². The number of aryl methyl sites for hydroxylation is 1. The molecule has 0 bridgehead atoms. The molecule has 28 heavy (non-hydrogen) atoms. The second-order valence-electron chi connectivity index (χ2n) is 8.64. The fourth-order valence-corrected chi connectivity index (χ4v) is 4.78. The molecular formula is C22H31F2NO3. The van der Waals surface area contributed by atoms with Crippen LogP contribution in [0, 0.1) is 11.3 Å². The number of hydrogen-bond donors (Lipinski definition) is 2. The summed E-state index contributed by atoms with van der Waals surface area (Å²) in [7, 11) is 0. The van der Waals surface area contributed by atoms with Gasteiger partial charge in [-0.1, -0.05) is 30.3 Å². The smallest absolute Gasteiger partial charge is 0.313 e. The van der Waals surface area contributed by atoms with E-state index in [0.29, 0.717) is 51.7 Å². The summed E-state index contributed by atoms with van der Waals surface area (Å²) in [5.41, 5.74) is -0.0145. The Balaban J connectivity index is 1.59. The van der Waals surface area contributed by atoms with Crippen molar-refractivity contribution in [3.63, 3.8) is 0 Å². The molecule has 2 fully saturated rings. The van der Waals surface area contributed by atoms with Crippen LogP contribution in [-0.2, 0) is 11.2 Å². The van der Waals surface area contributed by atoms with E-state index in [-0.39, 0.29) is 18.8 Å². The molecule has 1 saturated heterocycles. The number of benzene rings is 1. The van der Waals surface area contributed by atoms with Crippen molar-refractivity contribution in [3.05, 3.63) is 35.9 Å². The van der Waals surface area contributed by atoms with Crippen molar-refractivity contribution >= 4 is 5.97 Å². The molecule has 1 saturated carbocycles. The summed E-state index contributed by atoms with van der Waals surface area (Å²) in [5.74, 6) is -3.31. The standard InChI is InChI=1S/C22H31F2NO3/c23-22(24)12-8-18(9-13-22)15-25-14-10-19(26)21(16-25,20(27)28)11-4-7-17-5-2-1-3-6-17/h1-3,5-6,18-19,26H,4,7-16H2,(H,27,28)/t19-,21-/m1/s1. The maximum absolute atomic E-state index is 13.4. The van der Waals surface area contributed by atoms with Crippen LogP contribution in [-0.4, -0.2) is 52.7 Å². The summed E-state index contributed by atoms with van der Waals surface area (Å²) >= 11 is 0. The van der Waals surface area contributed by atoms with Gasteiger partial charge in [0.15, 0.2) is 0 Å². The first-order chi connectivity index (χ1) is 13.3. The van der Waals surface area contributed by atoms with E-state index in [1.807, 2.05) is 30.3 Å². The van der Waals surface area contributed by atoms with Gasteiger partial charge in [0.25, 0.3) is 0 Å². The molecule has 1 aliphatic carbocycles. The van der Waals surface area contributed by atoms with Gasteiger partial charge in [-0.15, -0.1) is 0 Å². The van der Waals surface area contributed by atoms with Gasteiger partial charge in [0.2, 0.25) is 5.92 Å². The first kappa shape index (κ1) is 21.2. The number of halogens is 2. The van der Waals surface area contributed by atoms with Crippen LogP contribution < -0.4 is 0 Å². The van der Waals surface area contributed by atoms with Crippen molar-refractivity contribution in [3.8, 4) is 0 Å². The van der Waals surface area contributed by atoms with Crippen molar-refractivity contribution < 1.29 is 23.8 Å². The van der Waals surface area contributed by atoms with Crippen molar-refractivity contribution in [2.45, 2.75) is 63.4 Å². The molecule has 3 rings (SSSR count). The van der Waals surface area contributed by atoms with Gasteiger partial charge in [0.1, 0.15) is 5.41 Å². The Morgan fingerprint density at radius 3 is 2.46 bits per heavy atom. The molecule has 1 aliphatic heterocycles. The summed E-state index contributed by atoms with van der Waals surface area (Å²) in [4.78, 5) is 14.2. The van der Waals surface area contributed by atoms with Gasteiger partial charge in [-0.25, -0.2) is 8.78 Å².